The molecule has 2 aromatic carbocycles. The van der Waals surface area contributed by atoms with E-state index in [4.69, 9.17) is 4.63 Å². The van der Waals surface area contributed by atoms with E-state index < -0.39 is 0 Å². The van der Waals surface area contributed by atoms with Gasteiger partial charge in [0.25, 0.3) is 0 Å². The third kappa shape index (κ3) is 3.17. The third-order valence-corrected chi connectivity index (χ3v) is 3.88. The molecule has 25 heavy (non-hydrogen) atoms. The predicted octanol–water partition coefficient (Wildman–Crippen LogP) is 2.96. The van der Waals surface area contributed by atoms with Gasteiger partial charge >= 0.3 is 0 Å². The average molecular weight is 333 g/mol. The molecule has 0 bridgehead atoms. The molecular formula is C18H15N5O2. The lowest BCUT2D eigenvalue weighted by molar-refractivity contribution is 0.300. The van der Waals surface area contributed by atoms with Crippen LogP contribution in [-0.4, -0.2) is 32.0 Å². The number of benzene rings is 2. The summed E-state index contributed by atoms with van der Waals surface area (Å²) < 4.78 is 4.73. The van der Waals surface area contributed by atoms with Gasteiger partial charge in [-0.25, -0.2) is 14.6 Å². The summed E-state index contributed by atoms with van der Waals surface area (Å²) in [5, 5.41) is 20.2. The van der Waals surface area contributed by atoms with Gasteiger partial charge in [-0.2, -0.15) is 0 Å². The first-order valence-electron chi connectivity index (χ1n) is 7.84. The van der Waals surface area contributed by atoms with Gasteiger partial charge in [-0.3, -0.25) is 0 Å². The zero-order valence-electron chi connectivity index (χ0n) is 13.3. The van der Waals surface area contributed by atoms with E-state index in [0.717, 1.165) is 22.5 Å². The second kappa shape index (κ2) is 6.66. The molecule has 0 amide bonds. The molecule has 0 saturated heterocycles. The average Bonchev–Trinajstić information content (AvgIpc) is 3.11. The fraction of sp³-hybridized carbons (Fsp3) is 0.111. The van der Waals surface area contributed by atoms with Crippen molar-refractivity contribution in [2.75, 3.05) is 11.9 Å². The Balaban J connectivity index is 1.65. The van der Waals surface area contributed by atoms with Gasteiger partial charge in [-0.1, -0.05) is 24.3 Å². The van der Waals surface area contributed by atoms with Gasteiger partial charge in [0.15, 0.2) is 0 Å². The highest BCUT2D eigenvalue weighted by Gasteiger charge is 2.07. The zero-order chi connectivity index (χ0) is 17.1. The Kier molecular flexibility index (Phi) is 4.05. The maximum Gasteiger partial charge on any atom is 0.135 e. The molecule has 2 N–H and O–H groups in total. The molecule has 0 atom stereocenters. The van der Waals surface area contributed by atoms with Gasteiger partial charge < -0.3 is 10.4 Å². The van der Waals surface area contributed by atoms with Crippen molar-refractivity contribution < 1.29 is 9.74 Å². The second-order valence-corrected chi connectivity index (χ2v) is 5.51. The van der Waals surface area contributed by atoms with Gasteiger partial charge in [-0.05, 0) is 40.5 Å². The normalized spacial score (nSPS) is 10.9. The minimum atomic E-state index is 0.0967. The largest absolute Gasteiger partial charge is 0.396 e. The Morgan fingerprint density at radius 1 is 0.960 bits per heavy atom. The Hall–Kier alpha value is -3.32. The number of hydrogen-bond donors (Lipinski definition) is 2. The maximum atomic E-state index is 9.20. The van der Waals surface area contributed by atoms with Gasteiger partial charge in [0.05, 0.1) is 5.69 Å². The number of nitrogens with one attached hydrogen (secondary N) is 1. The van der Waals surface area contributed by atoms with E-state index in [9.17, 15) is 5.11 Å². The highest BCUT2D eigenvalue weighted by atomic mass is 16.6. The molecule has 7 nitrogen and oxygen atoms in total. The van der Waals surface area contributed by atoms with Crippen molar-refractivity contribution in [3.05, 3.63) is 60.4 Å². The summed E-state index contributed by atoms with van der Waals surface area (Å²) in [5.74, 6) is 0.675. The molecule has 0 unspecified atom stereocenters. The first-order valence-corrected chi connectivity index (χ1v) is 7.84. The molecule has 7 heteroatoms. The van der Waals surface area contributed by atoms with Gasteiger partial charge in [0.1, 0.15) is 23.2 Å². The number of aromatic nitrogens is 4. The Morgan fingerprint density at radius 3 is 2.76 bits per heavy atom. The summed E-state index contributed by atoms with van der Waals surface area (Å²) in [5.41, 5.74) is 4.99. The van der Waals surface area contributed by atoms with Crippen LogP contribution in [0.3, 0.4) is 0 Å². The fourth-order valence-electron chi connectivity index (χ4n) is 2.64. The Labute approximate surface area is 143 Å². The van der Waals surface area contributed by atoms with Crippen LogP contribution in [0.5, 0.6) is 0 Å². The van der Waals surface area contributed by atoms with Crippen LogP contribution in [-0.2, 0) is 6.42 Å². The predicted molar refractivity (Wildman–Crippen MR) is 93.3 cm³/mol. The van der Waals surface area contributed by atoms with Gasteiger partial charge in [0.2, 0.25) is 0 Å². The smallest absolute Gasteiger partial charge is 0.135 e. The van der Waals surface area contributed by atoms with Gasteiger partial charge in [-0.15, -0.1) is 0 Å². The SMILES string of the molecule is OCCc1ccccc1Nc1cc(-c2ccc3nonc3c2)ncn1. The lowest BCUT2D eigenvalue weighted by atomic mass is 10.1. The summed E-state index contributed by atoms with van der Waals surface area (Å²) in [6.07, 6.45) is 2.09. The zero-order valence-corrected chi connectivity index (χ0v) is 13.3. The molecule has 0 spiro atoms. The number of nitrogens with zero attached hydrogens (tertiary/aromatic N) is 4. The number of aliphatic hydroxyl groups is 1. The highest BCUT2D eigenvalue weighted by Crippen LogP contribution is 2.25. The molecule has 0 aliphatic heterocycles. The van der Waals surface area contributed by atoms with E-state index >= 15 is 0 Å². The lowest BCUT2D eigenvalue weighted by Gasteiger charge is -2.11. The fourth-order valence-corrected chi connectivity index (χ4v) is 2.64. The van der Waals surface area contributed by atoms with E-state index in [-0.39, 0.29) is 6.61 Å². The molecule has 0 fully saturated rings. The minimum absolute atomic E-state index is 0.0967. The Morgan fingerprint density at radius 2 is 1.84 bits per heavy atom. The first-order chi connectivity index (χ1) is 12.3. The van der Waals surface area contributed by atoms with Crippen molar-refractivity contribution in [3.63, 3.8) is 0 Å². The number of anilines is 2. The van der Waals surface area contributed by atoms with Crippen LogP contribution in [0.1, 0.15) is 5.56 Å². The van der Waals surface area contributed by atoms with Crippen LogP contribution in [0.2, 0.25) is 0 Å². The summed E-state index contributed by atoms with van der Waals surface area (Å²) in [6.45, 7) is 0.0967. The number of aliphatic hydroxyl groups excluding tert-OH is 1. The molecule has 2 aromatic heterocycles. The Bertz CT molecular complexity index is 1010. The summed E-state index contributed by atoms with van der Waals surface area (Å²) >= 11 is 0. The molecule has 4 rings (SSSR count). The summed E-state index contributed by atoms with van der Waals surface area (Å²) in [7, 11) is 0. The quantitative estimate of drug-likeness (QED) is 0.579. The minimum Gasteiger partial charge on any atom is -0.396 e. The van der Waals surface area contributed by atoms with Gasteiger partial charge in [0, 0.05) is 23.9 Å². The first kappa shape index (κ1) is 15.2. The number of fused-ring (bicyclic) bond motifs is 1. The molecule has 2 heterocycles. The van der Waals surface area contributed by atoms with Crippen molar-refractivity contribution in [3.8, 4) is 11.3 Å². The van der Waals surface area contributed by atoms with Crippen LogP contribution in [0.4, 0.5) is 11.5 Å². The van der Waals surface area contributed by atoms with Crippen molar-refractivity contribution in [2.24, 2.45) is 0 Å². The number of para-hydroxylation sites is 1. The molecule has 0 aliphatic carbocycles. The molecule has 0 radical (unpaired) electrons. The van der Waals surface area contributed by atoms with Crippen LogP contribution in [0.25, 0.3) is 22.3 Å². The monoisotopic (exact) mass is 333 g/mol. The highest BCUT2D eigenvalue weighted by molar-refractivity contribution is 5.80. The standard InChI is InChI=1S/C18H15N5O2/c24-8-7-12-3-1-2-4-14(12)21-18-10-16(19-11-20-18)13-5-6-15-17(9-13)23-25-22-15/h1-6,9-11,24H,7-8H2,(H,19,20,21). The van der Waals surface area contributed by atoms with E-state index in [1.807, 2.05) is 48.5 Å². The van der Waals surface area contributed by atoms with Crippen molar-refractivity contribution in [2.45, 2.75) is 6.42 Å². The van der Waals surface area contributed by atoms with Crippen molar-refractivity contribution in [1.29, 1.82) is 0 Å². The van der Waals surface area contributed by atoms with Crippen LogP contribution in [0.15, 0.2) is 59.5 Å². The topological polar surface area (TPSA) is 97.0 Å². The third-order valence-electron chi connectivity index (χ3n) is 3.88. The van der Waals surface area contributed by atoms with E-state index in [1.54, 1.807) is 0 Å². The summed E-state index contributed by atoms with van der Waals surface area (Å²) in [6, 6.07) is 15.3. The van der Waals surface area contributed by atoms with Crippen LogP contribution < -0.4 is 5.32 Å². The van der Waals surface area contributed by atoms with E-state index in [1.165, 1.54) is 6.33 Å². The second-order valence-electron chi connectivity index (χ2n) is 5.51. The van der Waals surface area contributed by atoms with E-state index in [0.29, 0.717) is 23.3 Å². The van der Waals surface area contributed by atoms with Crippen LogP contribution >= 0.6 is 0 Å². The van der Waals surface area contributed by atoms with E-state index in [2.05, 4.69) is 25.6 Å². The van der Waals surface area contributed by atoms with Crippen molar-refractivity contribution in [1.82, 2.24) is 20.3 Å². The molecule has 4 aromatic rings. The molecule has 0 aliphatic rings. The summed E-state index contributed by atoms with van der Waals surface area (Å²) in [4.78, 5) is 8.61. The van der Waals surface area contributed by atoms with Crippen molar-refractivity contribution >= 4 is 22.5 Å². The number of rotatable bonds is 5. The number of hydrogen-bond acceptors (Lipinski definition) is 7. The molecule has 0 saturated carbocycles. The molecule has 124 valence electrons. The van der Waals surface area contributed by atoms with Crippen LogP contribution in [0, 0.1) is 0 Å². The maximum absolute atomic E-state index is 9.20. The molecular weight excluding hydrogens is 318 g/mol. The lowest BCUT2D eigenvalue weighted by Crippen LogP contribution is -2.00.